The lowest BCUT2D eigenvalue weighted by atomic mass is 10.2. The first-order valence-electron chi connectivity index (χ1n) is 4.89. The third-order valence-corrected chi connectivity index (χ3v) is 3.17. The molecule has 1 aromatic carbocycles. The number of carboxylic acid groups (broad SMARTS) is 1. The van der Waals surface area contributed by atoms with Crippen molar-refractivity contribution in [3.8, 4) is 10.9 Å². The van der Waals surface area contributed by atoms with Gasteiger partial charge in [-0.2, -0.15) is 13.2 Å². The van der Waals surface area contributed by atoms with Crippen LogP contribution >= 0.6 is 22.9 Å². The molecule has 10 heteroatoms. The monoisotopic (exact) mass is 324 g/mol. The molecular formula is C10H4ClF3N2O3S. The molecule has 0 bridgehead atoms. The second-order valence-electron chi connectivity index (χ2n) is 3.42. The zero-order chi connectivity index (χ0) is 14.9. The van der Waals surface area contributed by atoms with Crippen molar-refractivity contribution in [2.24, 2.45) is 0 Å². The number of benzene rings is 1. The van der Waals surface area contributed by atoms with E-state index in [0.717, 1.165) is 6.07 Å². The zero-order valence-corrected chi connectivity index (χ0v) is 10.9. The fourth-order valence-corrected chi connectivity index (χ4v) is 1.97. The number of carbonyl (C=O) groups is 1. The standard InChI is InChI=1S/C10H4ClF3N2O3S/c11-5-3-4(7(17)18)1-2-6(5)19-9-16-15-8(20-9)10(12,13)14/h1-3H,(H,17,18). The number of hydrogen-bond acceptors (Lipinski definition) is 5. The van der Waals surface area contributed by atoms with Crippen LogP contribution in [0.15, 0.2) is 18.2 Å². The normalized spacial score (nSPS) is 11.4. The molecule has 0 unspecified atom stereocenters. The first-order chi connectivity index (χ1) is 9.27. The Kier molecular flexibility index (Phi) is 3.82. The molecule has 20 heavy (non-hydrogen) atoms. The highest BCUT2D eigenvalue weighted by atomic mass is 35.5. The summed E-state index contributed by atoms with van der Waals surface area (Å²) in [5, 5.41) is 13.4. The van der Waals surface area contributed by atoms with Gasteiger partial charge in [-0.15, -0.1) is 5.10 Å². The van der Waals surface area contributed by atoms with Crippen LogP contribution in [0, 0.1) is 0 Å². The molecule has 0 saturated carbocycles. The van der Waals surface area contributed by atoms with Gasteiger partial charge < -0.3 is 9.84 Å². The summed E-state index contributed by atoms with van der Waals surface area (Å²) in [5.74, 6) is -1.20. The molecule has 0 atom stereocenters. The Balaban J connectivity index is 2.22. The van der Waals surface area contributed by atoms with Crippen LogP contribution in [0.1, 0.15) is 15.4 Å². The van der Waals surface area contributed by atoms with Crippen molar-refractivity contribution >= 4 is 28.9 Å². The summed E-state index contributed by atoms with van der Waals surface area (Å²) >= 11 is 5.98. The van der Waals surface area contributed by atoms with Crippen molar-refractivity contribution in [1.29, 1.82) is 0 Å². The van der Waals surface area contributed by atoms with Gasteiger partial charge in [-0.05, 0) is 18.2 Å². The van der Waals surface area contributed by atoms with Crippen LogP contribution in [-0.2, 0) is 6.18 Å². The molecule has 2 aromatic rings. The van der Waals surface area contributed by atoms with E-state index in [-0.39, 0.29) is 32.9 Å². The molecule has 0 aliphatic carbocycles. The quantitative estimate of drug-likeness (QED) is 0.932. The van der Waals surface area contributed by atoms with E-state index in [9.17, 15) is 18.0 Å². The Morgan fingerprint density at radius 3 is 2.55 bits per heavy atom. The molecule has 0 spiro atoms. The molecule has 1 heterocycles. The van der Waals surface area contributed by atoms with Crippen molar-refractivity contribution in [2.75, 3.05) is 0 Å². The van der Waals surface area contributed by atoms with Crippen LogP contribution in [0.25, 0.3) is 0 Å². The van der Waals surface area contributed by atoms with Gasteiger partial charge in [-0.1, -0.05) is 28.0 Å². The van der Waals surface area contributed by atoms with Gasteiger partial charge in [0.1, 0.15) is 5.75 Å². The lowest BCUT2D eigenvalue weighted by Gasteiger charge is -2.04. The van der Waals surface area contributed by atoms with E-state index in [0.29, 0.717) is 0 Å². The summed E-state index contributed by atoms with van der Waals surface area (Å²) in [6.45, 7) is 0. The minimum atomic E-state index is -4.60. The SMILES string of the molecule is O=C(O)c1ccc(Oc2nnc(C(F)(F)F)s2)c(Cl)c1. The van der Waals surface area contributed by atoms with Gasteiger partial charge in [-0.3, -0.25) is 0 Å². The summed E-state index contributed by atoms with van der Waals surface area (Å²) in [7, 11) is 0. The maximum absolute atomic E-state index is 12.3. The van der Waals surface area contributed by atoms with Crippen molar-refractivity contribution in [3.63, 3.8) is 0 Å². The average molecular weight is 325 g/mol. The van der Waals surface area contributed by atoms with Crippen molar-refractivity contribution < 1.29 is 27.8 Å². The number of halogens is 4. The number of ether oxygens (including phenoxy) is 1. The fourth-order valence-electron chi connectivity index (χ4n) is 1.18. The van der Waals surface area contributed by atoms with E-state index in [1.54, 1.807) is 0 Å². The van der Waals surface area contributed by atoms with E-state index >= 15 is 0 Å². The van der Waals surface area contributed by atoms with Crippen LogP contribution in [0.3, 0.4) is 0 Å². The van der Waals surface area contributed by atoms with Crippen LogP contribution in [0.4, 0.5) is 13.2 Å². The molecule has 0 saturated heterocycles. The summed E-state index contributed by atoms with van der Waals surface area (Å²) in [5.41, 5.74) is -0.0735. The predicted molar refractivity (Wildman–Crippen MR) is 63.4 cm³/mol. The number of hydrogen-bond donors (Lipinski definition) is 1. The minimum absolute atomic E-state index is 0.0125. The number of alkyl halides is 3. The number of rotatable bonds is 3. The fraction of sp³-hybridized carbons (Fsp3) is 0.100. The van der Waals surface area contributed by atoms with Gasteiger partial charge in [-0.25, -0.2) is 4.79 Å². The lowest BCUT2D eigenvalue weighted by molar-refractivity contribution is -0.138. The highest BCUT2D eigenvalue weighted by Gasteiger charge is 2.36. The molecule has 1 N–H and O–H groups in total. The molecule has 0 fully saturated rings. The third kappa shape index (κ3) is 3.17. The average Bonchev–Trinajstić information content (AvgIpc) is 2.80. The van der Waals surface area contributed by atoms with Gasteiger partial charge in [0, 0.05) is 0 Å². The highest BCUT2D eigenvalue weighted by Crippen LogP contribution is 2.37. The van der Waals surface area contributed by atoms with Gasteiger partial charge >= 0.3 is 12.1 Å². The topological polar surface area (TPSA) is 72.3 Å². The predicted octanol–water partition coefficient (Wildman–Crippen LogP) is 3.70. The van der Waals surface area contributed by atoms with Crippen molar-refractivity contribution in [3.05, 3.63) is 33.8 Å². The molecule has 0 amide bonds. The maximum Gasteiger partial charge on any atom is 0.445 e. The van der Waals surface area contributed by atoms with Gasteiger partial charge in [0.2, 0.25) is 5.01 Å². The Morgan fingerprint density at radius 2 is 2.05 bits per heavy atom. The molecule has 0 radical (unpaired) electrons. The molecule has 5 nitrogen and oxygen atoms in total. The van der Waals surface area contributed by atoms with Crippen LogP contribution in [-0.4, -0.2) is 21.3 Å². The smallest absolute Gasteiger partial charge is 0.445 e. The third-order valence-electron chi connectivity index (χ3n) is 2.03. The minimum Gasteiger partial charge on any atom is -0.478 e. The highest BCUT2D eigenvalue weighted by molar-refractivity contribution is 7.13. The Hall–Kier alpha value is -1.87. The maximum atomic E-state index is 12.3. The second kappa shape index (κ2) is 5.25. The molecule has 0 aliphatic rings. The molecule has 2 rings (SSSR count). The molecule has 106 valence electrons. The van der Waals surface area contributed by atoms with Gasteiger partial charge in [0.25, 0.3) is 5.19 Å². The first-order valence-corrected chi connectivity index (χ1v) is 6.08. The Labute approximate surface area is 118 Å². The second-order valence-corrected chi connectivity index (χ2v) is 4.77. The van der Waals surface area contributed by atoms with Crippen LogP contribution in [0.5, 0.6) is 10.9 Å². The Morgan fingerprint density at radius 1 is 1.35 bits per heavy atom. The number of aromatic carboxylic acids is 1. The van der Waals surface area contributed by atoms with Crippen molar-refractivity contribution in [2.45, 2.75) is 6.18 Å². The van der Waals surface area contributed by atoms with E-state index in [1.807, 2.05) is 0 Å². The Bertz CT molecular complexity index is 659. The van der Waals surface area contributed by atoms with Gasteiger partial charge in [0.15, 0.2) is 0 Å². The van der Waals surface area contributed by atoms with E-state index in [2.05, 4.69) is 10.2 Å². The number of aromatic nitrogens is 2. The lowest BCUT2D eigenvalue weighted by Crippen LogP contribution is -2.03. The van der Waals surface area contributed by atoms with Crippen LogP contribution in [0.2, 0.25) is 5.02 Å². The van der Waals surface area contributed by atoms with Gasteiger partial charge in [0.05, 0.1) is 10.6 Å². The summed E-state index contributed by atoms with van der Waals surface area (Å²) in [4.78, 5) is 10.7. The van der Waals surface area contributed by atoms with E-state index < -0.39 is 17.2 Å². The number of carboxylic acids is 1. The largest absolute Gasteiger partial charge is 0.478 e. The summed E-state index contributed by atoms with van der Waals surface area (Å²) < 4.78 is 42.0. The first kappa shape index (κ1) is 14.5. The summed E-state index contributed by atoms with van der Waals surface area (Å²) in [6, 6.07) is 3.54. The molecule has 0 aliphatic heterocycles. The van der Waals surface area contributed by atoms with E-state index in [1.165, 1.54) is 12.1 Å². The number of nitrogens with zero attached hydrogens (tertiary/aromatic N) is 2. The van der Waals surface area contributed by atoms with E-state index in [4.69, 9.17) is 21.4 Å². The molecular weight excluding hydrogens is 321 g/mol. The van der Waals surface area contributed by atoms with Crippen molar-refractivity contribution in [1.82, 2.24) is 10.2 Å². The molecule has 1 aromatic heterocycles. The zero-order valence-electron chi connectivity index (χ0n) is 9.31. The van der Waals surface area contributed by atoms with Crippen LogP contribution < -0.4 is 4.74 Å². The summed E-state index contributed by atoms with van der Waals surface area (Å²) in [6.07, 6.45) is -4.60.